The maximum atomic E-state index is 6.07. The van der Waals surface area contributed by atoms with Crippen molar-refractivity contribution in [3.63, 3.8) is 0 Å². The number of hydrogen-bond donors (Lipinski definition) is 1. The van der Waals surface area contributed by atoms with Crippen molar-refractivity contribution in [1.29, 1.82) is 0 Å². The van der Waals surface area contributed by atoms with Crippen LogP contribution in [0.3, 0.4) is 0 Å². The summed E-state index contributed by atoms with van der Waals surface area (Å²) < 4.78 is 0. The van der Waals surface area contributed by atoms with Crippen LogP contribution in [0.2, 0.25) is 5.02 Å². The molecule has 0 bridgehead atoms. The van der Waals surface area contributed by atoms with E-state index in [1.54, 1.807) is 0 Å². The van der Waals surface area contributed by atoms with Crippen molar-refractivity contribution in [3.8, 4) is 0 Å². The molecule has 1 atom stereocenters. The number of halogens is 1. The zero-order valence-electron chi connectivity index (χ0n) is 11.8. The molecule has 2 heteroatoms. The minimum absolute atomic E-state index is 0.532. The molecule has 0 heterocycles. The molecule has 0 radical (unpaired) electrons. The molecule has 1 saturated carbocycles. The fraction of sp³-hybridized carbons (Fsp3) is 0.647. The highest BCUT2D eigenvalue weighted by Crippen LogP contribution is 2.35. The first-order chi connectivity index (χ1) is 9.15. The third-order valence-corrected chi connectivity index (χ3v) is 5.21. The van der Waals surface area contributed by atoms with Gasteiger partial charge in [-0.05, 0) is 54.4 Å². The highest BCUT2D eigenvalue weighted by molar-refractivity contribution is 6.30. The summed E-state index contributed by atoms with van der Waals surface area (Å²) in [5, 5.41) is 4.69. The zero-order valence-corrected chi connectivity index (χ0v) is 12.6. The van der Waals surface area contributed by atoms with Crippen molar-refractivity contribution in [1.82, 2.24) is 5.32 Å². The lowest BCUT2D eigenvalue weighted by Gasteiger charge is -2.34. The van der Waals surface area contributed by atoms with Gasteiger partial charge in [-0.3, -0.25) is 0 Å². The molecule has 1 unspecified atom stereocenters. The molecule has 0 spiro atoms. The summed E-state index contributed by atoms with van der Waals surface area (Å²) in [4.78, 5) is 0. The lowest BCUT2D eigenvalue weighted by atomic mass is 9.75. The molecule has 0 aliphatic heterocycles. The van der Waals surface area contributed by atoms with Crippen LogP contribution in [0.1, 0.15) is 50.2 Å². The van der Waals surface area contributed by atoms with E-state index in [4.69, 9.17) is 11.6 Å². The van der Waals surface area contributed by atoms with Crippen molar-refractivity contribution in [3.05, 3.63) is 34.3 Å². The van der Waals surface area contributed by atoms with Crippen LogP contribution in [0.4, 0.5) is 0 Å². The molecule has 19 heavy (non-hydrogen) atoms. The highest BCUT2D eigenvalue weighted by atomic mass is 35.5. The predicted octanol–water partition coefficient (Wildman–Crippen LogP) is 4.37. The Morgan fingerprint density at radius 1 is 1.16 bits per heavy atom. The van der Waals surface area contributed by atoms with Crippen LogP contribution >= 0.6 is 11.6 Å². The fourth-order valence-corrected chi connectivity index (χ4v) is 3.90. The Balaban J connectivity index is 1.55. The van der Waals surface area contributed by atoms with Gasteiger partial charge in [0.15, 0.2) is 0 Å². The maximum Gasteiger partial charge on any atom is 0.0408 e. The molecule has 1 N–H and O–H groups in total. The summed E-state index contributed by atoms with van der Waals surface area (Å²) in [6.45, 7) is 3.64. The SMILES string of the molecule is CC1(CNC2Cc3ccc(Cl)cc3C2)CCCCC1. The minimum Gasteiger partial charge on any atom is -0.313 e. The van der Waals surface area contributed by atoms with Gasteiger partial charge in [0.25, 0.3) is 0 Å². The Hall–Kier alpha value is -0.530. The zero-order chi connectivity index (χ0) is 13.3. The second-order valence-electron chi connectivity index (χ2n) is 6.77. The van der Waals surface area contributed by atoms with Crippen LogP contribution in [0.5, 0.6) is 0 Å². The summed E-state index contributed by atoms with van der Waals surface area (Å²) in [5.41, 5.74) is 3.46. The van der Waals surface area contributed by atoms with Crippen LogP contribution in [-0.4, -0.2) is 12.6 Å². The lowest BCUT2D eigenvalue weighted by molar-refractivity contribution is 0.201. The first-order valence-corrected chi connectivity index (χ1v) is 8.03. The third-order valence-electron chi connectivity index (χ3n) is 4.98. The van der Waals surface area contributed by atoms with Gasteiger partial charge in [-0.1, -0.05) is 43.9 Å². The van der Waals surface area contributed by atoms with Gasteiger partial charge in [-0.2, -0.15) is 0 Å². The van der Waals surface area contributed by atoms with Gasteiger partial charge in [0.05, 0.1) is 0 Å². The Labute approximate surface area is 121 Å². The van der Waals surface area contributed by atoms with Gasteiger partial charge in [0, 0.05) is 17.6 Å². The molecular weight excluding hydrogens is 254 g/mol. The molecule has 1 nitrogen and oxygen atoms in total. The second kappa shape index (κ2) is 5.46. The second-order valence-corrected chi connectivity index (χ2v) is 7.21. The normalized spacial score (nSPS) is 25.3. The van der Waals surface area contributed by atoms with E-state index in [0.29, 0.717) is 11.5 Å². The Morgan fingerprint density at radius 3 is 2.68 bits per heavy atom. The summed E-state index contributed by atoms with van der Waals surface area (Å²) in [5.74, 6) is 0. The van der Waals surface area contributed by atoms with Crippen molar-refractivity contribution in [2.24, 2.45) is 5.41 Å². The van der Waals surface area contributed by atoms with E-state index in [9.17, 15) is 0 Å². The Morgan fingerprint density at radius 2 is 1.89 bits per heavy atom. The standard InChI is InChI=1S/C17H24ClN/c1-17(7-3-2-4-8-17)12-19-16-10-13-5-6-15(18)9-14(13)11-16/h5-6,9,16,19H,2-4,7-8,10-12H2,1H3. The number of nitrogens with one attached hydrogen (secondary N) is 1. The summed E-state index contributed by atoms with van der Waals surface area (Å²) >= 11 is 6.07. The highest BCUT2D eigenvalue weighted by Gasteiger charge is 2.29. The van der Waals surface area contributed by atoms with E-state index < -0.39 is 0 Å². The maximum absolute atomic E-state index is 6.07. The van der Waals surface area contributed by atoms with Crippen LogP contribution in [0.15, 0.2) is 18.2 Å². The summed E-state index contributed by atoms with van der Waals surface area (Å²) in [7, 11) is 0. The summed E-state index contributed by atoms with van der Waals surface area (Å²) in [6.07, 6.45) is 9.37. The van der Waals surface area contributed by atoms with Crippen LogP contribution in [0.25, 0.3) is 0 Å². The van der Waals surface area contributed by atoms with Crippen molar-refractivity contribution in [2.45, 2.75) is 57.9 Å². The molecule has 0 saturated heterocycles. The molecule has 1 fully saturated rings. The average molecular weight is 278 g/mol. The number of rotatable bonds is 3. The van der Waals surface area contributed by atoms with E-state index in [1.165, 1.54) is 56.2 Å². The van der Waals surface area contributed by atoms with E-state index in [2.05, 4.69) is 24.4 Å². The van der Waals surface area contributed by atoms with Gasteiger partial charge in [0.1, 0.15) is 0 Å². The summed E-state index contributed by atoms with van der Waals surface area (Å²) in [6, 6.07) is 6.97. The molecule has 1 aromatic rings. The largest absolute Gasteiger partial charge is 0.313 e. The molecule has 2 aliphatic rings. The van der Waals surface area contributed by atoms with Gasteiger partial charge >= 0.3 is 0 Å². The molecule has 1 aromatic carbocycles. The monoisotopic (exact) mass is 277 g/mol. The van der Waals surface area contributed by atoms with Gasteiger partial charge < -0.3 is 5.32 Å². The van der Waals surface area contributed by atoms with E-state index >= 15 is 0 Å². The molecule has 0 aromatic heterocycles. The lowest BCUT2D eigenvalue weighted by Crippen LogP contribution is -2.39. The predicted molar refractivity (Wildman–Crippen MR) is 81.8 cm³/mol. The molecule has 0 amide bonds. The van der Waals surface area contributed by atoms with Crippen LogP contribution < -0.4 is 5.32 Å². The number of hydrogen-bond acceptors (Lipinski definition) is 1. The molecule has 3 rings (SSSR count). The van der Waals surface area contributed by atoms with Gasteiger partial charge in [-0.15, -0.1) is 0 Å². The number of fused-ring (bicyclic) bond motifs is 1. The Bertz CT molecular complexity index is 449. The quantitative estimate of drug-likeness (QED) is 0.865. The fourth-order valence-electron chi connectivity index (χ4n) is 3.70. The average Bonchev–Trinajstić information content (AvgIpc) is 2.79. The molecule has 2 aliphatic carbocycles. The van der Waals surface area contributed by atoms with Crippen molar-refractivity contribution < 1.29 is 0 Å². The van der Waals surface area contributed by atoms with Crippen LogP contribution in [0, 0.1) is 5.41 Å². The number of benzene rings is 1. The van der Waals surface area contributed by atoms with E-state index in [-0.39, 0.29) is 0 Å². The minimum atomic E-state index is 0.532. The van der Waals surface area contributed by atoms with E-state index in [0.717, 1.165) is 11.4 Å². The topological polar surface area (TPSA) is 12.0 Å². The first-order valence-electron chi connectivity index (χ1n) is 7.65. The van der Waals surface area contributed by atoms with E-state index in [1.807, 2.05) is 6.07 Å². The van der Waals surface area contributed by atoms with Gasteiger partial charge in [0.2, 0.25) is 0 Å². The van der Waals surface area contributed by atoms with Gasteiger partial charge in [-0.25, -0.2) is 0 Å². The van der Waals surface area contributed by atoms with Crippen LogP contribution in [-0.2, 0) is 12.8 Å². The first kappa shape index (κ1) is 13.5. The van der Waals surface area contributed by atoms with Crippen molar-refractivity contribution >= 4 is 11.6 Å². The molecule has 104 valence electrons. The third kappa shape index (κ3) is 3.14. The smallest absolute Gasteiger partial charge is 0.0408 e. The Kier molecular flexibility index (Phi) is 3.86. The molecular formula is C17H24ClN. The van der Waals surface area contributed by atoms with Crippen molar-refractivity contribution in [2.75, 3.05) is 6.54 Å².